The van der Waals surface area contributed by atoms with Gasteiger partial charge in [0, 0.05) is 16.1 Å². The molecular weight excluding hydrogens is 461 g/mol. The highest BCUT2D eigenvalue weighted by Crippen LogP contribution is 2.37. The number of aryl methyl sites for hydroxylation is 1. The third-order valence-electron chi connectivity index (χ3n) is 4.17. The highest BCUT2D eigenvalue weighted by Gasteiger charge is 2.33. The average molecular weight is 474 g/mol. The van der Waals surface area contributed by atoms with Crippen LogP contribution in [0.3, 0.4) is 0 Å². The lowest BCUT2D eigenvalue weighted by atomic mass is 10.1. The zero-order valence-electron chi connectivity index (χ0n) is 14.6. The number of furan rings is 1. The highest BCUT2D eigenvalue weighted by molar-refractivity contribution is 9.10. The fourth-order valence-electron chi connectivity index (χ4n) is 2.80. The van der Waals surface area contributed by atoms with Crippen LogP contribution in [0.5, 0.6) is 0 Å². The van der Waals surface area contributed by atoms with Gasteiger partial charge >= 0.3 is 0 Å². The Morgan fingerprint density at radius 3 is 2.61 bits per heavy atom. The van der Waals surface area contributed by atoms with Crippen LogP contribution in [0.15, 0.2) is 68.4 Å². The summed E-state index contributed by atoms with van der Waals surface area (Å²) in [7, 11) is 0. The number of halogens is 2. The van der Waals surface area contributed by atoms with Crippen LogP contribution in [0.25, 0.3) is 17.4 Å². The Balaban J connectivity index is 1.61. The molecule has 2 aromatic carbocycles. The van der Waals surface area contributed by atoms with Crippen LogP contribution in [-0.2, 0) is 4.79 Å². The first-order valence-electron chi connectivity index (χ1n) is 8.32. The van der Waals surface area contributed by atoms with Gasteiger partial charge in [-0.05, 0) is 61.0 Å². The van der Waals surface area contributed by atoms with Crippen LogP contribution in [0.1, 0.15) is 11.3 Å². The maximum Gasteiger partial charge on any atom is 0.270 e. The average Bonchev–Trinajstić information content (AvgIpc) is 3.21. The molecule has 0 N–H and O–H groups in total. The number of carbonyl (C=O) groups is 1. The lowest BCUT2D eigenvalue weighted by molar-refractivity contribution is -0.113. The molecule has 1 aromatic heterocycles. The maximum absolute atomic E-state index is 13.2. The molecule has 140 valence electrons. The Bertz CT molecular complexity index is 1120. The standard InChI is InChI=1S/C21H13BrFNO2S2/c1-12-2-8-16(17(22)10-12)18-9-7-15(26-18)11-19-20(25)24(21(27)28-19)14-5-3-13(23)4-6-14/h2-11H,1H3/b19-11+. The maximum atomic E-state index is 13.2. The molecule has 0 saturated carbocycles. The van der Waals surface area contributed by atoms with Crippen LogP contribution < -0.4 is 4.90 Å². The molecule has 2 heterocycles. The van der Waals surface area contributed by atoms with Crippen molar-refractivity contribution in [2.45, 2.75) is 6.92 Å². The summed E-state index contributed by atoms with van der Waals surface area (Å²) < 4.78 is 20.4. The zero-order chi connectivity index (χ0) is 19.8. The number of thiocarbonyl (C=S) groups is 1. The lowest BCUT2D eigenvalue weighted by Crippen LogP contribution is -2.27. The van der Waals surface area contributed by atoms with Crippen LogP contribution in [0, 0.1) is 12.7 Å². The molecule has 3 aromatic rings. The van der Waals surface area contributed by atoms with E-state index >= 15 is 0 Å². The number of benzene rings is 2. The number of hydrogen-bond donors (Lipinski definition) is 0. The summed E-state index contributed by atoms with van der Waals surface area (Å²) in [6.45, 7) is 2.02. The summed E-state index contributed by atoms with van der Waals surface area (Å²) in [5, 5.41) is 0. The van der Waals surface area contributed by atoms with Crippen molar-refractivity contribution in [3.05, 3.63) is 81.1 Å². The summed E-state index contributed by atoms with van der Waals surface area (Å²) >= 11 is 10.1. The van der Waals surface area contributed by atoms with Crippen LogP contribution in [-0.4, -0.2) is 10.2 Å². The van der Waals surface area contributed by atoms with Crippen molar-refractivity contribution in [2.24, 2.45) is 0 Å². The number of hydrogen-bond acceptors (Lipinski definition) is 4. The molecule has 0 bridgehead atoms. The Morgan fingerprint density at radius 1 is 1.14 bits per heavy atom. The third kappa shape index (κ3) is 3.70. The smallest absolute Gasteiger partial charge is 0.270 e. The number of thioether (sulfide) groups is 1. The molecule has 0 radical (unpaired) electrons. The van der Waals surface area contributed by atoms with E-state index in [4.69, 9.17) is 16.6 Å². The van der Waals surface area contributed by atoms with Crippen molar-refractivity contribution in [1.29, 1.82) is 0 Å². The Labute approximate surface area is 179 Å². The molecule has 4 rings (SSSR count). The Kier molecular flexibility index (Phi) is 5.23. The third-order valence-corrected chi connectivity index (χ3v) is 6.13. The summed E-state index contributed by atoms with van der Waals surface area (Å²) in [6, 6.07) is 15.4. The predicted molar refractivity (Wildman–Crippen MR) is 119 cm³/mol. The normalized spacial score (nSPS) is 15.7. The van der Waals surface area contributed by atoms with Crippen molar-refractivity contribution < 1.29 is 13.6 Å². The number of rotatable bonds is 3. The minimum atomic E-state index is -0.366. The van der Waals surface area contributed by atoms with Gasteiger partial charge in [0.1, 0.15) is 17.3 Å². The van der Waals surface area contributed by atoms with Crippen molar-refractivity contribution in [3.63, 3.8) is 0 Å². The molecular formula is C21H13BrFNO2S2. The molecule has 28 heavy (non-hydrogen) atoms. The summed E-state index contributed by atoms with van der Waals surface area (Å²) in [4.78, 5) is 14.6. The van der Waals surface area contributed by atoms with Gasteiger partial charge in [0.25, 0.3) is 5.91 Å². The summed E-state index contributed by atoms with van der Waals surface area (Å²) in [5.41, 5.74) is 2.62. The van der Waals surface area contributed by atoms with E-state index in [1.807, 2.05) is 37.3 Å². The second-order valence-corrected chi connectivity index (χ2v) is 8.71. The monoisotopic (exact) mass is 473 g/mol. The van der Waals surface area contributed by atoms with E-state index in [1.165, 1.54) is 40.9 Å². The molecule has 1 aliphatic heterocycles. The first kappa shape index (κ1) is 19.1. The second kappa shape index (κ2) is 7.66. The van der Waals surface area contributed by atoms with Crippen molar-refractivity contribution >= 4 is 61.9 Å². The molecule has 1 aliphatic rings. The molecule has 0 spiro atoms. The Hall–Kier alpha value is -2.22. The molecule has 1 saturated heterocycles. The summed E-state index contributed by atoms with van der Waals surface area (Å²) in [6.07, 6.45) is 1.68. The van der Waals surface area contributed by atoms with Crippen LogP contribution in [0.4, 0.5) is 10.1 Å². The molecule has 0 aliphatic carbocycles. The second-order valence-electron chi connectivity index (χ2n) is 6.18. The minimum Gasteiger partial charge on any atom is -0.457 e. The Morgan fingerprint density at radius 2 is 1.89 bits per heavy atom. The molecule has 0 unspecified atom stereocenters. The van der Waals surface area contributed by atoms with E-state index in [2.05, 4.69) is 15.9 Å². The van der Waals surface area contributed by atoms with Gasteiger partial charge in [-0.1, -0.05) is 46.0 Å². The molecule has 0 atom stereocenters. The fourth-order valence-corrected chi connectivity index (χ4v) is 4.77. The van der Waals surface area contributed by atoms with Crippen molar-refractivity contribution in [3.8, 4) is 11.3 Å². The zero-order valence-corrected chi connectivity index (χ0v) is 17.8. The minimum absolute atomic E-state index is 0.254. The molecule has 3 nitrogen and oxygen atoms in total. The SMILES string of the molecule is Cc1ccc(-c2ccc(/C=C3/SC(=S)N(c4ccc(F)cc4)C3=O)o2)c(Br)c1. The number of amides is 1. The first-order valence-corrected chi connectivity index (χ1v) is 10.3. The fraction of sp³-hybridized carbons (Fsp3) is 0.0476. The van der Waals surface area contributed by atoms with Gasteiger partial charge in [0.05, 0.1) is 10.6 Å². The first-order chi connectivity index (χ1) is 13.4. The van der Waals surface area contributed by atoms with E-state index in [1.54, 1.807) is 6.08 Å². The quantitative estimate of drug-likeness (QED) is 0.318. The molecule has 7 heteroatoms. The van der Waals surface area contributed by atoms with Gasteiger partial charge in [-0.15, -0.1) is 0 Å². The highest BCUT2D eigenvalue weighted by atomic mass is 79.9. The number of anilines is 1. The topological polar surface area (TPSA) is 33.5 Å². The van der Waals surface area contributed by atoms with Gasteiger partial charge in [-0.3, -0.25) is 9.69 Å². The molecule has 1 fully saturated rings. The van der Waals surface area contributed by atoms with Gasteiger partial charge in [0.2, 0.25) is 0 Å². The van der Waals surface area contributed by atoms with Crippen molar-refractivity contribution in [1.82, 2.24) is 0 Å². The van der Waals surface area contributed by atoms with Gasteiger partial charge in [-0.2, -0.15) is 0 Å². The van der Waals surface area contributed by atoms with Crippen LogP contribution in [0.2, 0.25) is 0 Å². The summed E-state index contributed by atoms with van der Waals surface area (Å²) in [5.74, 6) is 0.639. The van der Waals surface area contributed by atoms with E-state index in [0.717, 1.165) is 15.6 Å². The van der Waals surface area contributed by atoms with E-state index in [0.29, 0.717) is 26.4 Å². The predicted octanol–water partition coefficient (Wildman–Crippen LogP) is 6.56. The number of nitrogens with zero attached hydrogens (tertiary/aromatic N) is 1. The van der Waals surface area contributed by atoms with Crippen LogP contribution >= 0.6 is 39.9 Å². The van der Waals surface area contributed by atoms with E-state index < -0.39 is 0 Å². The van der Waals surface area contributed by atoms with Gasteiger partial charge in [-0.25, -0.2) is 4.39 Å². The molecule has 1 amide bonds. The number of carbonyl (C=O) groups excluding carboxylic acids is 1. The largest absolute Gasteiger partial charge is 0.457 e. The lowest BCUT2D eigenvalue weighted by Gasteiger charge is -2.14. The van der Waals surface area contributed by atoms with Gasteiger partial charge in [0.15, 0.2) is 4.32 Å². The van der Waals surface area contributed by atoms with Crippen molar-refractivity contribution in [2.75, 3.05) is 4.90 Å². The van der Waals surface area contributed by atoms with Gasteiger partial charge < -0.3 is 4.42 Å². The van der Waals surface area contributed by atoms with E-state index in [9.17, 15) is 9.18 Å². The van der Waals surface area contributed by atoms with E-state index in [-0.39, 0.29) is 11.7 Å².